The average molecular weight is 280 g/mol. The monoisotopic (exact) mass is 279 g/mol. The summed E-state index contributed by atoms with van der Waals surface area (Å²) in [5, 5.41) is 9.11. The molecule has 0 radical (unpaired) electrons. The number of allylic oxidation sites excluding steroid dienone is 1. The molecule has 0 aromatic heterocycles. The molecule has 5 heteroatoms. The fraction of sp³-hybridized carbons (Fsp3) is 0.769. The minimum absolute atomic E-state index is 0. The lowest BCUT2D eigenvalue weighted by Gasteiger charge is -2.35. The van der Waals surface area contributed by atoms with E-state index in [1.54, 1.807) is 6.92 Å². The number of quaternary nitrogens is 1. The highest BCUT2D eigenvalue weighted by molar-refractivity contribution is 5.85. The van der Waals surface area contributed by atoms with Gasteiger partial charge in [-0.3, -0.25) is 0 Å². The maximum absolute atomic E-state index is 11.2. The fourth-order valence-corrected chi connectivity index (χ4v) is 1.90. The van der Waals surface area contributed by atoms with Crippen LogP contribution in [-0.4, -0.2) is 48.3 Å². The van der Waals surface area contributed by atoms with Crippen LogP contribution >= 0.6 is 0 Å². The van der Waals surface area contributed by atoms with Crippen LogP contribution in [0.3, 0.4) is 0 Å². The summed E-state index contributed by atoms with van der Waals surface area (Å²) in [6.07, 6.45) is 2.17. The lowest BCUT2D eigenvalue weighted by Crippen LogP contribution is -3.00. The van der Waals surface area contributed by atoms with E-state index >= 15 is 0 Å². The van der Waals surface area contributed by atoms with Crippen LogP contribution in [0.15, 0.2) is 11.8 Å². The Morgan fingerprint density at radius 3 is 2.11 bits per heavy atom. The Bertz CT molecular complexity index is 255. The first kappa shape index (κ1) is 19.6. The average Bonchev–Trinajstić information content (AvgIpc) is 2.38. The first-order chi connectivity index (χ1) is 8.05. The molecule has 0 saturated heterocycles. The number of nitrogens with zero attached hydrogens (tertiary/aromatic N) is 1. The first-order valence-electron chi connectivity index (χ1n) is 6.42. The molecular formula is C13H26ClNO3. The molecule has 0 heterocycles. The SMILES string of the molecule is CC=C(O)C(=O)OCCC[N+](CC)(CC)CC.[Cl-]. The Labute approximate surface area is 117 Å². The summed E-state index contributed by atoms with van der Waals surface area (Å²) in [4.78, 5) is 11.2. The Balaban J connectivity index is 0. The van der Waals surface area contributed by atoms with E-state index < -0.39 is 5.97 Å². The Morgan fingerprint density at radius 2 is 1.72 bits per heavy atom. The molecule has 0 aliphatic heterocycles. The molecule has 0 rings (SSSR count). The second-order valence-electron chi connectivity index (χ2n) is 4.18. The molecule has 0 amide bonds. The van der Waals surface area contributed by atoms with Crippen molar-refractivity contribution in [2.75, 3.05) is 32.8 Å². The Morgan fingerprint density at radius 1 is 1.22 bits per heavy atom. The molecule has 0 aliphatic carbocycles. The molecule has 0 fully saturated rings. The summed E-state index contributed by atoms with van der Waals surface area (Å²) in [5.74, 6) is -0.942. The maximum atomic E-state index is 11.2. The van der Waals surface area contributed by atoms with Gasteiger partial charge in [-0.05, 0) is 33.8 Å². The topological polar surface area (TPSA) is 46.5 Å². The maximum Gasteiger partial charge on any atom is 0.373 e. The summed E-state index contributed by atoms with van der Waals surface area (Å²) < 4.78 is 6.01. The van der Waals surface area contributed by atoms with Crippen LogP contribution in [0, 0.1) is 0 Å². The minimum Gasteiger partial charge on any atom is -1.00 e. The molecular weight excluding hydrogens is 254 g/mol. The standard InChI is InChI=1S/C13H25NO3.ClH/c1-5-12(15)13(16)17-11-9-10-14(6-2,7-3)8-4;/h5H,6-11H2,1-4H3;1H. The summed E-state index contributed by atoms with van der Waals surface area (Å²) in [5.41, 5.74) is 0. The van der Waals surface area contributed by atoms with Crippen LogP contribution in [-0.2, 0) is 9.53 Å². The summed E-state index contributed by atoms with van der Waals surface area (Å²) in [7, 11) is 0. The fourth-order valence-electron chi connectivity index (χ4n) is 1.90. The molecule has 0 aromatic carbocycles. The van der Waals surface area contributed by atoms with Crippen molar-refractivity contribution in [1.82, 2.24) is 0 Å². The summed E-state index contributed by atoms with van der Waals surface area (Å²) in [6, 6.07) is 0. The van der Waals surface area contributed by atoms with Gasteiger partial charge in [-0.1, -0.05) is 0 Å². The van der Waals surface area contributed by atoms with Crippen LogP contribution in [0.1, 0.15) is 34.1 Å². The van der Waals surface area contributed by atoms with Gasteiger partial charge in [0.15, 0.2) is 5.76 Å². The highest BCUT2D eigenvalue weighted by Gasteiger charge is 2.20. The molecule has 0 aliphatic rings. The van der Waals surface area contributed by atoms with Crippen molar-refractivity contribution in [3.8, 4) is 0 Å². The number of ether oxygens (including phenoxy) is 1. The number of aliphatic hydroxyl groups is 1. The molecule has 108 valence electrons. The number of carbonyl (C=O) groups is 1. The van der Waals surface area contributed by atoms with Crippen LogP contribution < -0.4 is 12.4 Å². The molecule has 1 N–H and O–H groups in total. The number of carbonyl (C=O) groups excluding carboxylic acids is 1. The van der Waals surface area contributed by atoms with E-state index in [4.69, 9.17) is 9.84 Å². The van der Waals surface area contributed by atoms with E-state index in [0.29, 0.717) is 6.61 Å². The molecule has 0 spiro atoms. The van der Waals surface area contributed by atoms with Crippen molar-refractivity contribution < 1.29 is 31.5 Å². The van der Waals surface area contributed by atoms with Crippen molar-refractivity contribution in [2.24, 2.45) is 0 Å². The van der Waals surface area contributed by atoms with Crippen molar-refractivity contribution in [3.63, 3.8) is 0 Å². The summed E-state index contributed by atoms with van der Waals surface area (Å²) in [6.45, 7) is 12.8. The zero-order valence-electron chi connectivity index (χ0n) is 11.9. The quantitative estimate of drug-likeness (QED) is 0.209. The third-order valence-corrected chi connectivity index (χ3v) is 3.50. The summed E-state index contributed by atoms with van der Waals surface area (Å²) >= 11 is 0. The van der Waals surface area contributed by atoms with Gasteiger partial charge in [0.1, 0.15) is 0 Å². The van der Waals surface area contributed by atoms with Gasteiger partial charge in [0.05, 0.1) is 32.8 Å². The largest absolute Gasteiger partial charge is 1.00 e. The number of aliphatic hydroxyl groups excluding tert-OH is 1. The predicted octanol–water partition coefficient (Wildman–Crippen LogP) is -0.738. The second-order valence-corrected chi connectivity index (χ2v) is 4.18. The molecule has 0 aromatic rings. The highest BCUT2D eigenvalue weighted by atomic mass is 35.5. The van der Waals surface area contributed by atoms with E-state index in [2.05, 4.69) is 20.8 Å². The minimum atomic E-state index is -0.630. The zero-order chi connectivity index (χ0) is 13.3. The second kappa shape index (κ2) is 10.2. The first-order valence-corrected chi connectivity index (χ1v) is 6.42. The van der Waals surface area contributed by atoms with Crippen molar-refractivity contribution >= 4 is 5.97 Å². The van der Waals surface area contributed by atoms with Gasteiger partial charge in [0, 0.05) is 6.42 Å². The van der Waals surface area contributed by atoms with Gasteiger partial charge in [0.25, 0.3) is 0 Å². The number of rotatable bonds is 8. The zero-order valence-corrected chi connectivity index (χ0v) is 12.7. The number of esters is 1. The lowest BCUT2D eigenvalue weighted by molar-refractivity contribution is -0.923. The van der Waals surface area contributed by atoms with Gasteiger partial charge in [-0.2, -0.15) is 0 Å². The predicted molar refractivity (Wildman–Crippen MR) is 68.7 cm³/mol. The van der Waals surface area contributed by atoms with Crippen molar-refractivity contribution in [2.45, 2.75) is 34.1 Å². The number of halogens is 1. The van der Waals surface area contributed by atoms with Crippen molar-refractivity contribution in [1.29, 1.82) is 0 Å². The van der Waals surface area contributed by atoms with Gasteiger partial charge >= 0.3 is 5.97 Å². The highest BCUT2D eigenvalue weighted by Crippen LogP contribution is 2.07. The van der Waals surface area contributed by atoms with E-state index in [-0.39, 0.29) is 18.2 Å². The normalized spacial score (nSPS) is 11.9. The molecule has 0 saturated carbocycles. The molecule has 0 bridgehead atoms. The van der Waals surface area contributed by atoms with Gasteiger partial charge < -0.3 is 26.7 Å². The van der Waals surface area contributed by atoms with E-state index in [9.17, 15) is 4.79 Å². The van der Waals surface area contributed by atoms with E-state index in [1.807, 2.05) is 0 Å². The Kier molecular flexibility index (Phi) is 11.1. The van der Waals surface area contributed by atoms with Crippen LogP contribution in [0.5, 0.6) is 0 Å². The van der Waals surface area contributed by atoms with Gasteiger partial charge in [-0.15, -0.1) is 0 Å². The Hall–Kier alpha value is -0.740. The van der Waals surface area contributed by atoms with E-state index in [1.165, 1.54) is 6.08 Å². The molecule has 18 heavy (non-hydrogen) atoms. The van der Waals surface area contributed by atoms with Crippen molar-refractivity contribution in [3.05, 3.63) is 11.8 Å². The lowest BCUT2D eigenvalue weighted by atomic mass is 10.3. The third-order valence-electron chi connectivity index (χ3n) is 3.50. The van der Waals surface area contributed by atoms with Crippen LogP contribution in [0.25, 0.3) is 0 Å². The van der Waals surface area contributed by atoms with Crippen LogP contribution in [0.4, 0.5) is 0 Å². The third kappa shape index (κ3) is 6.26. The molecule has 0 atom stereocenters. The number of hydrogen-bond acceptors (Lipinski definition) is 3. The smallest absolute Gasteiger partial charge is 0.373 e. The van der Waals surface area contributed by atoms with Gasteiger partial charge in [-0.25, -0.2) is 4.79 Å². The number of hydrogen-bond donors (Lipinski definition) is 1. The van der Waals surface area contributed by atoms with Gasteiger partial charge in [0.2, 0.25) is 0 Å². The molecule has 4 nitrogen and oxygen atoms in total. The molecule has 0 unspecified atom stereocenters. The van der Waals surface area contributed by atoms with E-state index in [0.717, 1.165) is 37.1 Å². The van der Waals surface area contributed by atoms with Crippen LogP contribution in [0.2, 0.25) is 0 Å².